The first-order valence-electron chi connectivity index (χ1n) is 6.57. The van der Waals surface area contributed by atoms with Crippen molar-refractivity contribution in [3.8, 4) is 12.3 Å². The molecule has 0 spiro atoms. The average molecular weight is 352 g/mol. The van der Waals surface area contributed by atoms with E-state index in [1.165, 1.54) is 24.8 Å². The third kappa shape index (κ3) is 1.64. The number of rotatable bonds is 3. The summed E-state index contributed by atoms with van der Waals surface area (Å²) in [6.07, 6.45) is 9.27. The topological polar surface area (TPSA) is 9.23 Å². The van der Waals surface area contributed by atoms with Crippen molar-refractivity contribution in [2.45, 2.75) is 28.8 Å². The molecule has 1 nitrogen and oxygen atoms in total. The first kappa shape index (κ1) is 12.5. The minimum Gasteiger partial charge on any atom is -0.357 e. The van der Waals surface area contributed by atoms with E-state index >= 15 is 0 Å². The molecule has 0 N–H and O–H groups in total. The lowest BCUT2D eigenvalue weighted by Crippen LogP contribution is -2.64. The first-order chi connectivity index (χ1) is 8.80. The van der Waals surface area contributed by atoms with Gasteiger partial charge in [0.25, 0.3) is 0 Å². The molecule has 0 saturated heterocycles. The molecule has 2 saturated carbocycles. The van der Waals surface area contributed by atoms with Crippen molar-refractivity contribution in [2.24, 2.45) is 11.8 Å². The van der Waals surface area contributed by atoms with Crippen LogP contribution in [0, 0.1) is 24.2 Å². The summed E-state index contributed by atoms with van der Waals surface area (Å²) in [6.45, 7) is 0.422. The van der Waals surface area contributed by atoms with Gasteiger partial charge in [-0.3, -0.25) is 0 Å². The van der Waals surface area contributed by atoms with Crippen molar-refractivity contribution in [1.82, 2.24) is 0 Å². The van der Waals surface area contributed by atoms with Gasteiger partial charge >= 0.3 is 0 Å². The van der Waals surface area contributed by atoms with Gasteiger partial charge in [0, 0.05) is 15.8 Å². The molecule has 3 rings (SSSR count). The molecule has 0 aliphatic heterocycles. The maximum Gasteiger partial charge on any atom is 0.108 e. The highest BCUT2D eigenvalue weighted by Gasteiger charge is 2.64. The van der Waals surface area contributed by atoms with Crippen LogP contribution < -0.4 is 0 Å². The summed E-state index contributed by atoms with van der Waals surface area (Å²) >= 11 is 2.60. The molecule has 1 aromatic rings. The first-order valence-corrected chi connectivity index (χ1v) is 7.82. The monoisotopic (exact) mass is 352 g/mol. The number of terminal acetylenes is 1. The molecule has 94 valence electrons. The lowest BCUT2D eigenvalue weighted by molar-refractivity contribution is -0.204. The van der Waals surface area contributed by atoms with Gasteiger partial charge in [0.1, 0.15) is 12.2 Å². The predicted molar refractivity (Wildman–Crippen MR) is 81.5 cm³/mol. The summed E-state index contributed by atoms with van der Waals surface area (Å²) in [5.41, 5.74) is 1.22. The Bertz CT molecular complexity index is 450. The Morgan fingerprint density at radius 2 is 1.94 bits per heavy atom. The molecule has 2 bridgehead atoms. The average Bonchev–Trinajstić information content (AvgIpc) is 2.45. The van der Waals surface area contributed by atoms with Crippen molar-refractivity contribution >= 4 is 22.6 Å². The predicted octanol–water partition coefficient (Wildman–Crippen LogP) is 3.77. The molecule has 0 unspecified atom stereocenters. The van der Waals surface area contributed by atoms with Gasteiger partial charge in [0.2, 0.25) is 0 Å². The van der Waals surface area contributed by atoms with Crippen LogP contribution in [-0.4, -0.2) is 10.5 Å². The third-order valence-electron chi connectivity index (χ3n) is 4.52. The molecule has 0 aromatic heterocycles. The second kappa shape index (κ2) is 4.86. The lowest BCUT2D eigenvalue weighted by atomic mass is 9.51. The SMILES string of the molecule is C#CCOC1(c2ccccc2)[C@H]2CCC[C@H]1C2I. The van der Waals surface area contributed by atoms with Crippen LogP contribution in [0.15, 0.2) is 30.3 Å². The summed E-state index contributed by atoms with van der Waals surface area (Å²) in [5.74, 6) is 3.90. The van der Waals surface area contributed by atoms with E-state index < -0.39 is 0 Å². The second-order valence-corrected chi connectivity index (χ2v) is 6.68. The fourth-order valence-electron chi connectivity index (χ4n) is 3.80. The number of ether oxygens (including phenoxy) is 1. The normalized spacial score (nSPS) is 37.7. The molecule has 2 fully saturated rings. The Morgan fingerprint density at radius 3 is 2.50 bits per heavy atom. The van der Waals surface area contributed by atoms with Crippen molar-refractivity contribution in [3.05, 3.63) is 35.9 Å². The van der Waals surface area contributed by atoms with E-state index in [0.717, 1.165) is 3.92 Å². The zero-order valence-electron chi connectivity index (χ0n) is 10.3. The zero-order valence-corrected chi connectivity index (χ0v) is 12.5. The van der Waals surface area contributed by atoms with Crippen molar-refractivity contribution in [2.75, 3.05) is 6.61 Å². The van der Waals surface area contributed by atoms with Gasteiger partial charge in [-0.05, 0) is 18.4 Å². The van der Waals surface area contributed by atoms with Crippen molar-refractivity contribution in [1.29, 1.82) is 0 Å². The molecule has 18 heavy (non-hydrogen) atoms. The second-order valence-electron chi connectivity index (χ2n) is 5.24. The van der Waals surface area contributed by atoms with Crippen LogP contribution in [0.5, 0.6) is 0 Å². The number of alkyl halides is 1. The van der Waals surface area contributed by atoms with Crippen LogP contribution in [0.25, 0.3) is 0 Å². The Labute approximate surface area is 122 Å². The van der Waals surface area contributed by atoms with Crippen LogP contribution in [-0.2, 0) is 10.3 Å². The summed E-state index contributed by atoms with van der Waals surface area (Å²) in [7, 11) is 0. The maximum absolute atomic E-state index is 6.20. The van der Waals surface area contributed by atoms with Crippen LogP contribution in [0.3, 0.4) is 0 Å². The van der Waals surface area contributed by atoms with Gasteiger partial charge < -0.3 is 4.74 Å². The molecule has 0 amide bonds. The molecule has 2 aliphatic rings. The van der Waals surface area contributed by atoms with Crippen LogP contribution >= 0.6 is 22.6 Å². The van der Waals surface area contributed by atoms with Crippen LogP contribution in [0.2, 0.25) is 0 Å². The van der Waals surface area contributed by atoms with Gasteiger partial charge in [0.05, 0.1) is 0 Å². The molecule has 2 aliphatic carbocycles. The van der Waals surface area contributed by atoms with Gasteiger partial charge in [-0.1, -0.05) is 65.3 Å². The minimum atomic E-state index is -0.0995. The maximum atomic E-state index is 6.20. The molecule has 0 heterocycles. The van der Waals surface area contributed by atoms with Crippen molar-refractivity contribution < 1.29 is 4.74 Å². The highest BCUT2D eigenvalue weighted by Crippen LogP contribution is 2.63. The fourth-order valence-corrected chi connectivity index (χ4v) is 5.59. The minimum absolute atomic E-state index is 0.0995. The Morgan fingerprint density at radius 1 is 1.28 bits per heavy atom. The number of hydrogen-bond acceptors (Lipinski definition) is 1. The van der Waals surface area contributed by atoms with E-state index in [1.807, 2.05) is 0 Å². The summed E-state index contributed by atoms with van der Waals surface area (Å²) in [6, 6.07) is 10.7. The quantitative estimate of drug-likeness (QED) is 0.457. The van der Waals surface area contributed by atoms with E-state index in [-0.39, 0.29) is 5.60 Å². The van der Waals surface area contributed by atoms with Crippen LogP contribution in [0.4, 0.5) is 0 Å². The molecule has 2 heteroatoms. The zero-order chi connectivity index (χ0) is 12.6. The van der Waals surface area contributed by atoms with Crippen LogP contribution in [0.1, 0.15) is 24.8 Å². The summed E-state index contributed by atoms with van der Waals surface area (Å²) in [5, 5.41) is 0. The van der Waals surface area contributed by atoms with E-state index in [9.17, 15) is 0 Å². The Kier molecular flexibility index (Phi) is 3.38. The highest BCUT2D eigenvalue weighted by molar-refractivity contribution is 14.1. The summed E-state index contributed by atoms with van der Waals surface area (Å²) in [4.78, 5) is 0. The number of fused-ring (bicyclic) bond motifs is 2. The van der Waals surface area contributed by atoms with Crippen molar-refractivity contribution in [3.63, 3.8) is 0 Å². The van der Waals surface area contributed by atoms with Gasteiger partial charge in [-0.15, -0.1) is 6.42 Å². The highest BCUT2D eigenvalue weighted by atomic mass is 127. The molecular formula is C16H17IO. The third-order valence-corrected chi connectivity index (χ3v) is 6.26. The van der Waals surface area contributed by atoms with Gasteiger partial charge in [-0.2, -0.15) is 0 Å². The standard InChI is InChI=1S/C16H17IO/c1-2-11-18-16(12-7-4-3-5-8-12)13-9-6-10-14(16)15(13)17/h1,3-5,7-8,13-15H,6,9-11H2/t13-,14-,15?,16?/m0/s1. The fraction of sp³-hybridized carbons (Fsp3) is 0.500. The molecule has 0 radical (unpaired) electrons. The Hall–Kier alpha value is -0.530. The summed E-state index contributed by atoms with van der Waals surface area (Å²) < 4.78 is 6.94. The number of hydrogen-bond donors (Lipinski definition) is 0. The number of benzene rings is 1. The Balaban J connectivity index is 1.99. The largest absolute Gasteiger partial charge is 0.357 e. The van der Waals surface area contributed by atoms with Gasteiger partial charge in [-0.25, -0.2) is 0 Å². The molecular weight excluding hydrogens is 335 g/mol. The number of halogens is 1. The smallest absolute Gasteiger partial charge is 0.108 e. The van der Waals surface area contributed by atoms with E-state index in [0.29, 0.717) is 18.4 Å². The van der Waals surface area contributed by atoms with E-state index in [1.54, 1.807) is 0 Å². The van der Waals surface area contributed by atoms with E-state index in [2.05, 4.69) is 58.8 Å². The van der Waals surface area contributed by atoms with E-state index in [4.69, 9.17) is 11.2 Å². The molecule has 2 atom stereocenters. The lowest BCUT2D eigenvalue weighted by Gasteiger charge is -2.62. The van der Waals surface area contributed by atoms with Gasteiger partial charge in [0.15, 0.2) is 0 Å². The molecule has 1 aromatic carbocycles.